The van der Waals surface area contributed by atoms with E-state index in [1.54, 1.807) is 6.07 Å². The van der Waals surface area contributed by atoms with E-state index in [1.807, 2.05) is 13.0 Å². The van der Waals surface area contributed by atoms with Crippen LogP contribution >= 0.6 is 0 Å². The molecule has 0 aliphatic carbocycles. The summed E-state index contributed by atoms with van der Waals surface area (Å²) in [5.74, 6) is 0.516. The lowest BCUT2D eigenvalue weighted by Gasteiger charge is -2.05. The summed E-state index contributed by atoms with van der Waals surface area (Å²) in [6, 6.07) is 6.90. The predicted molar refractivity (Wildman–Crippen MR) is 57.1 cm³/mol. The Morgan fingerprint density at radius 2 is 2.00 bits per heavy atom. The molecule has 1 aromatic carbocycles. The van der Waals surface area contributed by atoms with Crippen molar-refractivity contribution in [2.45, 2.75) is 13.5 Å². The first-order valence-electron chi connectivity index (χ1n) is 4.89. The van der Waals surface area contributed by atoms with Gasteiger partial charge in [0.25, 0.3) is 0 Å². The second-order valence-electron chi connectivity index (χ2n) is 3.49. The van der Waals surface area contributed by atoms with Gasteiger partial charge in [-0.05, 0) is 37.3 Å². The normalized spacial score (nSPS) is 10.4. The van der Waals surface area contributed by atoms with Crippen LogP contribution in [0.25, 0.3) is 0 Å². The van der Waals surface area contributed by atoms with Gasteiger partial charge < -0.3 is 9.73 Å². The molecule has 0 saturated carbocycles. The molecular formula is C12H11F2NO. The molecule has 0 aliphatic rings. The van der Waals surface area contributed by atoms with E-state index >= 15 is 0 Å². The van der Waals surface area contributed by atoms with E-state index in [0.717, 1.165) is 24.0 Å². The molecule has 0 radical (unpaired) electrons. The zero-order chi connectivity index (χ0) is 11.5. The zero-order valence-electron chi connectivity index (χ0n) is 8.76. The minimum Gasteiger partial charge on any atom is -0.465 e. The van der Waals surface area contributed by atoms with Gasteiger partial charge in [-0.2, -0.15) is 0 Å². The van der Waals surface area contributed by atoms with Gasteiger partial charge >= 0.3 is 0 Å². The molecule has 84 valence electrons. The van der Waals surface area contributed by atoms with Crippen LogP contribution in [0.15, 0.2) is 34.7 Å². The molecule has 0 amide bonds. The fourth-order valence-corrected chi connectivity index (χ4v) is 1.40. The standard InChI is InChI=1S/C12H11F2NO/c1-8-2-4-10(16-8)7-15-12-6-9(13)3-5-11(12)14/h2-6,15H,7H2,1H3. The van der Waals surface area contributed by atoms with Crippen molar-refractivity contribution in [3.8, 4) is 0 Å². The fraction of sp³-hybridized carbons (Fsp3) is 0.167. The zero-order valence-corrected chi connectivity index (χ0v) is 8.76. The number of hydrogen-bond donors (Lipinski definition) is 1. The van der Waals surface area contributed by atoms with Crippen molar-refractivity contribution in [2.75, 3.05) is 5.32 Å². The van der Waals surface area contributed by atoms with Crippen LogP contribution in [0.5, 0.6) is 0 Å². The highest BCUT2D eigenvalue weighted by Crippen LogP contribution is 2.16. The van der Waals surface area contributed by atoms with E-state index in [1.165, 1.54) is 0 Å². The van der Waals surface area contributed by atoms with E-state index in [2.05, 4.69) is 5.32 Å². The molecule has 0 atom stereocenters. The molecule has 1 N–H and O–H groups in total. The van der Waals surface area contributed by atoms with Gasteiger partial charge in [0.15, 0.2) is 0 Å². The molecule has 2 nitrogen and oxygen atoms in total. The molecule has 0 spiro atoms. The molecule has 4 heteroatoms. The van der Waals surface area contributed by atoms with E-state index in [-0.39, 0.29) is 5.69 Å². The molecular weight excluding hydrogens is 212 g/mol. The molecule has 0 saturated heterocycles. The van der Waals surface area contributed by atoms with Crippen LogP contribution in [0.3, 0.4) is 0 Å². The van der Waals surface area contributed by atoms with Gasteiger partial charge in [-0.3, -0.25) is 0 Å². The first kappa shape index (κ1) is 10.7. The molecule has 16 heavy (non-hydrogen) atoms. The van der Waals surface area contributed by atoms with Crippen molar-refractivity contribution in [2.24, 2.45) is 0 Å². The molecule has 2 aromatic rings. The minimum absolute atomic E-state index is 0.133. The summed E-state index contributed by atoms with van der Waals surface area (Å²) in [5, 5.41) is 2.77. The maximum atomic E-state index is 13.2. The Labute approximate surface area is 91.9 Å². The maximum Gasteiger partial charge on any atom is 0.146 e. The average molecular weight is 223 g/mol. The van der Waals surface area contributed by atoms with Crippen LogP contribution in [-0.2, 0) is 6.54 Å². The van der Waals surface area contributed by atoms with Crippen molar-refractivity contribution in [3.63, 3.8) is 0 Å². The predicted octanol–water partition coefficient (Wildman–Crippen LogP) is 3.48. The number of benzene rings is 1. The highest BCUT2D eigenvalue weighted by Gasteiger charge is 2.04. The Morgan fingerprint density at radius 1 is 1.19 bits per heavy atom. The van der Waals surface area contributed by atoms with Gasteiger partial charge in [0.2, 0.25) is 0 Å². The third-order valence-corrected chi connectivity index (χ3v) is 2.18. The summed E-state index contributed by atoms with van der Waals surface area (Å²) in [4.78, 5) is 0. The van der Waals surface area contributed by atoms with Crippen molar-refractivity contribution < 1.29 is 13.2 Å². The van der Waals surface area contributed by atoms with Crippen molar-refractivity contribution in [3.05, 3.63) is 53.5 Å². The van der Waals surface area contributed by atoms with Crippen LogP contribution in [-0.4, -0.2) is 0 Å². The van der Waals surface area contributed by atoms with E-state index in [4.69, 9.17) is 4.42 Å². The number of furan rings is 1. The number of hydrogen-bond acceptors (Lipinski definition) is 2. The second-order valence-corrected chi connectivity index (χ2v) is 3.49. The number of nitrogens with one attached hydrogen (secondary N) is 1. The van der Waals surface area contributed by atoms with Gasteiger partial charge in [-0.1, -0.05) is 0 Å². The van der Waals surface area contributed by atoms with Gasteiger partial charge in [0.05, 0.1) is 12.2 Å². The maximum absolute atomic E-state index is 13.2. The first-order chi connectivity index (χ1) is 7.65. The molecule has 1 heterocycles. The number of rotatable bonds is 3. The lowest BCUT2D eigenvalue weighted by Crippen LogP contribution is -2.00. The largest absolute Gasteiger partial charge is 0.465 e. The van der Waals surface area contributed by atoms with Gasteiger partial charge in [0.1, 0.15) is 23.2 Å². The highest BCUT2D eigenvalue weighted by molar-refractivity contribution is 5.44. The molecule has 1 aromatic heterocycles. The third-order valence-electron chi connectivity index (χ3n) is 2.18. The van der Waals surface area contributed by atoms with Crippen LogP contribution in [0, 0.1) is 18.6 Å². The summed E-state index contributed by atoms with van der Waals surface area (Å²) in [6.45, 7) is 2.15. The monoisotopic (exact) mass is 223 g/mol. The van der Waals surface area contributed by atoms with E-state index in [9.17, 15) is 8.78 Å². The quantitative estimate of drug-likeness (QED) is 0.861. The van der Waals surface area contributed by atoms with E-state index < -0.39 is 11.6 Å². The SMILES string of the molecule is Cc1ccc(CNc2cc(F)ccc2F)o1. The Morgan fingerprint density at radius 3 is 2.69 bits per heavy atom. The minimum atomic E-state index is -0.482. The summed E-state index contributed by atoms with van der Waals surface area (Å²) in [7, 11) is 0. The fourth-order valence-electron chi connectivity index (χ4n) is 1.40. The second kappa shape index (κ2) is 4.35. The van der Waals surface area contributed by atoms with Gasteiger partial charge in [-0.25, -0.2) is 8.78 Å². The Balaban J connectivity index is 2.07. The summed E-state index contributed by atoms with van der Waals surface area (Å²) >= 11 is 0. The molecule has 0 fully saturated rings. The Hall–Kier alpha value is -1.84. The van der Waals surface area contributed by atoms with Crippen molar-refractivity contribution in [1.82, 2.24) is 0 Å². The average Bonchev–Trinajstić information content (AvgIpc) is 2.66. The van der Waals surface area contributed by atoms with Crippen LogP contribution in [0.2, 0.25) is 0 Å². The van der Waals surface area contributed by atoms with Crippen molar-refractivity contribution in [1.29, 1.82) is 0 Å². The van der Waals surface area contributed by atoms with E-state index in [0.29, 0.717) is 12.3 Å². The number of halogens is 2. The molecule has 0 unspecified atom stereocenters. The third kappa shape index (κ3) is 2.39. The van der Waals surface area contributed by atoms with Crippen LogP contribution < -0.4 is 5.32 Å². The smallest absolute Gasteiger partial charge is 0.146 e. The summed E-state index contributed by atoms with van der Waals surface area (Å²) in [5.41, 5.74) is 0.133. The molecule has 2 rings (SSSR count). The lowest BCUT2D eigenvalue weighted by atomic mass is 10.3. The highest BCUT2D eigenvalue weighted by atomic mass is 19.1. The molecule has 0 bridgehead atoms. The number of aryl methyl sites for hydroxylation is 1. The Kier molecular flexibility index (Phi) is 2.90. The van der Waals surface area contributed by atoms with Crippen LogP contribution in [0.4, 0.5) is 14.5 Å². The van der Waals surface area contributed by atoms with Gasteiger partial charge in [-0.15, -0.1) is 0 Å². The Bertz CT molecular complexity index is 494. The van der Waals surface area contributed by atoms with Crippen molar-refractivity contribution >= 4 is 5.69 Å². The summed E-state index contributed by atoms with van der Waals surface area (Å²) in [6.07, 6.45) is 0. The van der Waals surface area contributed by atoms with Gasteiger partial charge in [0, 0.05) is 0 Å². The molecule has 0 aliphatic heterocycles. The topological polar surface area (TPSA) is 25.2 Å². The first-order valence-corrected chi connectivity index (χ1v) is 4.89. The lowest BCUT2D eigenvalue weighted by molar-refractivity contribution is 0.490. The number of anilines is 1. The summed E-state index contributed by atoms with van der Waals surface area (Å²) < 4.78 is 31.4. The van der Waals surface area contributed by atoms with Crippen LogP contribution in [0.1, 0.15) is 11.5 Å².